The second-order valence-corrected chi connectivity index (χ2v) is 7.53. The van der Waals surface area contributed by atoms with Crippen molar-refractivity contribution in [3.8, 4) is 0 Å². The molecule has 1 atom stereocenters. The Morgan fingerprint density at radius 2 is 2.04 bits per heavy atom. The Balaban J connectivity index is 1.78. The number of carbonyl (C=O) groups is 2. The van der Waals surface area contributed by atoms with Crippen molar-refractivity contribution in [3.05, 3.63) is 29.8 Å². The van der Waals surface area contributed by atoms with Crippen LogP contribution in [0, 0.1) is 17.6 Å². The van der Waals surface area contributed by atoms with E-state index in [-0.39, 0.29) is 29.5 Å². The number of sulfone groups is 1. The van der Waals surface area contributed by atoms with Crippen molar-refractivity contribution in [2.45, 2.75) is 12.8 Å². The van der Waals surface area contributed by atoms with Crippen molar-refractivity contribution in [2.24, 2.45) is 5.92 Å². The molecule has 0 radical (unpaired) electrons. The van der Waals surface area contributed by atoms with E-state index in [2.05, 4.69) is 5.32 Å². The van der Waals surface area contributed by atoms with Crippen molar-refractivity contribution in [2.75, 3.05) is 23.4 Å². The molecule has 0 spiro atoms. The molecule has 0 bridgehead atoms. The number of hydrogen-bond acceptors (Lipinski definition) is 5. The zero-order valence-electron chi connectivity index (χ0n) is 12.1. The first kappa shape index (κ1) is 17.3. The van der Waals surface area contributed by atoms with Crippen LogP contribution in [0.3, 0.4) is 0 Å². The topological polar surface area (TPSA) is 89.5 Å². The Morgan fingerprint density at radius 1 is 1.30 bits per heavy atom. The van der Waals surface area contributed by atoms with Gasteiger partial charge in [-0.05, 0) is 24.5 Å². The second-order valence-electron chi connectivity index (χ2n) is 5.31. The molecule has 1 aromatic carbocycles. The summed E-state index contributed by atoms with van der Waals surface area (Å²) in [7, 11) is -3.09. The fraction of sp³-hybridized carbons (Fsp3) is 0.429. The number of hydrogen-bond donors (Lipinski definition) is 1. The largest absolute Gasteiger partial charge is 0.456 e. The zero-order chi connectivity index (χ0) is 17.0. The Labute approximate surface area is 131 Å². The van der Waals surface area contributed by atoms with Crippen LogP contribution >= 0.6 is 0 Å². The van der Waals surface area contributed by atoms with E-state index in [1.165, 1.54) is 0 Å². The van der Waals surface area contributed by atoms with E-state index >= 15 is 0 Å². The number of benzene rings is 1. The van der Waals surface area contributed by atoms with E-state index in [4.69, 9.17) is 4.74 Å². The van der Waals surface area contributed by atoms with Crippen LogP contribution in [0.4, 0.5) is 14.5 Å². The first-order valence-corrected chi connectivity index (χ1v) is 8.68. The third kappa shape index (κ3) is 5.27. The van der Waals surface area contributed by atoms with Crippen LogP contribution in [0.2, 0.25) is 0 Å². The van der Waals surface area contributed by atoms with Crippen molar-refractivity contribution < 1.29 is 31.5 Å². The van der Waals surface area contributed by atoms with Crippen molar-refractivity contribution in [3.63, 3.8) is 0 Å². The monoisotopic (exact) mass is 347 g/mol. The van der Waals surface area contributed by atoms with E-state index in [1.807, 2.05) is 0 Å². The summed E-state index contributed by atoms with van der Waals surface area (Å²) in [6.45, 7) is -0.658. The molecule has 126 valence electrons. The van der Waals surface area contributed by atoms with Crippen LogP contribution in [0.25, 0.3) is 0 Å². The molecule has 0 aromatic heterocycles. The summed E-state index contributed by atoms with van der Waals surface area (Å²) < 4.78 is 53.5. The standard InChI is InChI=1S/C14H15F2NO5S/c15-10-1-2-11(16)12(6-10)17-13(18)7-22-14(19)5-9-3-4-23(20,21)8-9/h1-2,6,9H,3-5,7-8H2,(H,17,18)/t9-/m1/s1. The first-order chi connectivity index (χ1) is 10.7. The van der Waals surface area contributed by atoms with Gasteiger partial charge in [-0.1, -0.05) is 0 Å². The Morgan fingerprint density at radius 3 is 2.70 bits per heavy atom. The maximum absolute atomic E-state index is 13.3. The van der Waals surface area contributed by atoms with Crippen LogP contribution in [0.1, 0.15) is 12.8 Å². The van der Waals surface area contributed by atoms with Crippen molar-refractivity contribution in [1.29, 1.82) is 0 Å². The maximum Gasteiger partial charge on any atom is 0.306 e. The van der Waals surface area contributed by atoms with E-state index in [0.717, 1.165) is 18.2 Å². The van der Waals surface area contributed by atoms with Gasteiger partial charge in [0.05, 0.1) is 17.2 Å². The molecule has 6 nitrogen and oxygen atoms in total. The van der Waals surface area contributed by atoms with Gasteiger partial charge in [0, 0.05) is 12.5 Å². The van der Waals surface area contributed by atoms with Gasteiger partial charge in [-0.15, -0.1) is 0 Å². The fourth-order valence-corrected chi connectivity index (χ4v) is 4.12. The summed E-state index contributed by atoms with van der Waals surface area (Å²) in [5, 5.41) is 2.09. The molecule has 1 saturated heterocycles. The number of amides is 1. The zero-order valence-corrected chi connectivity index (χ0v) is 12.9. The average molecular weight is 347 g/mol. The summed E-state index contributed by atoms with van der Waals surface area (Å²) in [6, 6.07) is 2.57. The summed E-state index contributed by atoms with van der Waals surface area (Å²) in [4.78, 5) is 23.1. The summed E-state index contributed by atoms with van der Waals surface area (Å²) in [5.74, 6) is -3.39. The number of carbonyl (C=O) groups excluding carboxylic acids is 2. The smallest absolute Gasteiger partial charge is 0.306 e. The molecule has 1 aliphatic rings. The van der Waals surface area contributed by atoms with Gasteiger partial charge in [-0.25, -0.2) is 17.2 Å². The fourth-order valence-electron chi connectivity index (χ4n) is 2.25. The lowest BCUT2D eigenvalue weighted by molar-refractivity contribution is -0.148. The first-order valence-electron chi connectivity index (χ1n) is 6.86. The number of rotatable bonds is 5. The lowest BCUT2D eigenvalue weighted by Gasteiger charge is -2.09. The molecule has 23 heavy (non-hydrogen) atoms. The number of esters is 1. The predicted molar refractivity (Wildman–Crippen MR) is 77.3 cm³/mol. The molecule has 1 aromatic rings. The Kier molecular flexibility index (Phi) is 5.30. The summed E-state index contributed by atoms with van der Waals surface area (Å²) in [6.07, 6.45) is 0.291. The molecule has 0 aliphatic carbocycles. The molecule has 0 unspecified atom stereocenters. The lowest BCUT2D eigenvalue weighted by Crippen LogP contribution is -2.22. The quantitative estimate of drug-likeness (QED) is 0.810. The van der Waals surface area contributed by atoms with Crippen LogP contribution in [0.15, 0.2) is 18.2 Å². The van der Waals surface area contributed by atoms with Crippen LogP contribution in [0.5, 0.6) is 0 Å². The van der Waals surface area contributed by atoms with Crippen LogP contribution in [-0.4, -0.2) is 38.4 Å². The average Bonchev–Trinajstić information content (AvgIpc) is 2.79. The highest BCUT2D eigenvalue weighted by Gasteiger charge is 2.30. The molecule has 9 heteroatoms. The van der Waals surface area contributed by atoms with Crippen LogP contribution in [-0.2, 0) is 24.2 Å². The highest BCUT2D eigenvalue weighted by Crippen LogP contribution is 2.22. The second kappa shape index (κ2) is 7.03. The number of halogens is 2. The summed E-state index contributed by atoms with van der Waals surface area (Å²) in [5.41, 5.74) is -0.354. The highest BCUT2D eigenvalue weighted by molar-refractivity contribution is 7.91. The van der Waals surface area contributed by atoms with Crippen molar-refractivity contribution in [1.82, 2.24) is 0 Å². The van der Waals surface area contributed by atoms with E-state index < -0.39 is 40.0 Å². The number of nitrogens with one attached hydrogen (secondary N) is 1. The Bertz CT molecular complexity index is 720. The van der Waals surface area contributed by atoms with Gasteiger partial charge in [0.25, 0.3) is 5.91 Å². The highest BCUT2D eigenvalue weighted by atomic mass is 32.2. The van der Waals surface area contributed by atoms with Gasteiger partial charge < -0.3 is 10.1 Å². The minimum atomic E-state index is -3.09. The molecule has 1 fully saturated rings. The molecule has 1 heterocycles. The third-order valence-corrected chi connectivity index (χ3v) is 5.19. The predicted octanol–water partition coefficient (Wildman–Crippen LogP) is 1.27. The van der Waals surface area contributed by atoms with Crippen molar-refractivity contribution >= 4 is 27.4 Å². The van der Waals surface area contributed by atoms with Gasteiger partial charge in [-0.3, -0.25) is 9.59 Å². The van der Waals surface area contributed by atoms with Gasteiger partial charge in [0.1, 0.15) is 11.6 Å². The molecule has 0 saturated carbocycles. The van der Waals surface area contributed by atoms with Gasteiger partial charge in [0.2, 0.25) is 0 Å². The molecule has 2 rings (SSSR count). The minimum Gasteiger partial charge on any atom is -0.456 e. The molecule has 1 aliphatic heterocycles. The summed E-state index contributed by atoms with van der Waals surface area (Å²) >= 11 is 0. The van der Waals surface area contributed by atoms with E-state index in [0.29, 0.717) is 6.42 Å². The Hall–Kier alpha value is -2.03. The molecule has 1 N–H and O–H groups in total. The normalized spacial score (nSPS) is 19.3. The van der Waals surface area contributed by atoms with Gasteiger partial charge >= 0.3 is 5.97 Å². The van der Waals surface area contributed by atoms with E-state index in [9.17, 15) is 26.8 Å². The van der Waals surface area contributed by atoms with Crippen LogP contribution < -0.4 is 5.32 Å². The lowest BCUT2D eigenvalue weighted by atomic mass is 10.1. The molecular weight excluding hydrogens is 332 g/mol. The number of ether oxygens (including phenoxy) is 1. The minimum absolute atomic E-state index is 0.0459. The SMILES string of the molecule is O=C(COC(=O)C[C@H]1CCS(=O)(=O)C1)Nc1cc(F)ccc1F. The van der Waals surface area contributed by atoms with Gasteiger partial charge in [0.15, 0.2) is 16.4 Å². The third-order valence-electron chi connectivity index (χ3n) is 3.35. The van der Waals surface area contributed by atoms with Gasteiger partial charge in [-0.2, -0.15) is 0 Å². The van der Waals surface area contributed by atoms with E-state index in [1.54, 1.807) is 0 Å². The molecular formula is C14H15F2NO5S. The maximum atomic E-state index is 13.3. The number of anilines is 1. The molecule has 1 amide bonds.